The highest BCUT2D eigenvalue weighted by molar-refractivity contribution is 9.10. The smallest absolute Gasteiger partial charge is 0.180 e. The molecule has 126 valence electrons. The minimum atomic E-state index is 0.396. The molecule has 0 heterocycles. The number of amidine groups is 1. The lowest BCUT2D eigenvalue weighted by molar-refractivity contribution is 0.354. The van der Waals surface area contributed by atoms with Crippen LogP contribution in [0.3, 0.4) is 0 Å². The van der Waals surface area contributed by atoms with E-state index in [1.807, 2.05) is 42.5 Å². The predicted octanol–water partition coefficient (Wildman–Crippen LogP) is 4.05. The molecule has 0 aliphatic carbocycles. The molecule has 24 heavy (non-hydrogen) atoms. The average molecular weight is 408 g/mol. The molecular formula is C17H18BrN3O2S. The van der Waals surface area contributed by atoms with Gasteiger partial charge < -0.3 is 15.2 Å². The van der Waals surface area contributed by atoms with Crippen LogP contribution < -0.4 is 15.2 Å². The van der Waals surface area contributed by atoms with E-state index in [0.717, 1.165) is 15.8 Å². The number of thioether (sulfide) groups is 1. The molecule has 0 spiro atoms. The average Bonchev–Trinajstić information content (AvgIpc) is 2.62. The van der Waals surface area contributed by atoms with Crippen molar-refractivity contribution in [1.29, 1.82) is 0 Å². The van der Waals surface area contributed by atoms with Gasteiger partial charge in [0, 0.05) is 10.2 Å². The molecule has 0 amide bonds. The molecule has 0 saturated heterocycles. The van der Waals surface area contributed by atoms with Gasteiger partial charge in [0.15, 0.2) is 16.7 Å². The molecule has 2 rings (SSSR count). The minimum Gasteiger partial charge on any atom is -0.493 e. The molecular weight excluding hydrogens is 390 g/mol. The van der Waals surface area contributed by atoms with Crippen LogP contribution in [0.4, 0.5) is 0 Å². The molecule has 0 atom stereocenters. The van der Waals surface area contributed by atoms with E-state index in [0.29, 0.717) is 16.7 Å². The molecule has 2 N–H and O–H groups in total. The first-order valence-corrected chi connectivity index (χ1v) is 8.87. The molecule has 0 fully saturated rings. The molecule has 7 heteroatoms. The quantitative estimate of drug-likeness (QED) is 0.445. The molecule has 0 bridgehead atoms. The number of ether oxygens (including phenoxy) is 2. The molecule has 2 aromatic rings. The topological polar surface area (TPSA) is 69.2 Å². The van der Waals surface area contributed by atoms with Crippen molar-refractivity contribution >= 4 is 39.1 Å². The summed E-state index contributed by atoms with van der Waals surface area (Å²) in [6, 6.07) is 13.7. The van der Waals surface area contributed by atoms with Crippen molar-refractivity contribution in [3.63, 3.8) is 0 Å². The van der Waals surface area contributed by atoms with Gasteiger partial charge in [-0.15, -0.1) is 5.10 Å². The van der Waals surface area contributed by atoms with Gasteiger partial charge >= 0.3 is 0 Å². The maximum atomic E-state index is 5.88. The third-order valence-corrected chi connectivity index (χ3v) is 4.65. The number of rotatable bonds is 6. The number of methoxy groups -OCH3 is 2. The lowest BCUT2D eigenvalue weighted by Gasteiger charge is -2.11. The monoisotopic (exact) mass is 407 g/mol. The standard InChI is InChI=1S/C17H18BrN3O2S/c1-22-15-9-8-14(18)13(16(15)23-2)10-20-21-17(19)24-11-12-6-4-3-5-7-12/h3-10H,11H2,1-2H3,(H2,19,21). The summed E-state index contributed by atoms with van der Waals surface area (Å²) < 4.78 is 11.5. The third-order valence-electron chi connectivity index (χ3n) is 3.10. The van der Waals surface area contributed by atoms with Crippen LogP contribution in [0, 0.1) is 0 Å². The van der Waals surface area contributed by atoms with Crippen molar-refractivity contribution < 1.29 is 9.47 Å². The maximum Gasteiger partial charge on any atom is 0.180 e. The first-order chi connectivity index (χ1) is 11.7. The van der Waals surface area contributed by atoms with Crippen molar-refractivity contribution in [3.05, 3.63) is 58.1 Å². The summed E-state index contributed by atoms with van der Waals surface area (Å²) in [6.45, 7) is 0. The Hall–Kier alpha value is -1.99. The lowest BCUT2D eigenvalue weighted by atomic mass is 10.2. The van der Waals surface area contributed by atoms with Gasteiger partial charge in [0.05, 0.1) is 26.0 Å². The summed E-state index contributed by atoms with van der Waals surface area (Å²) in [5.41, 5.74) is 7.80. The number of halogens is 1. The minimum absolute atomic E-state index is 0.396. The Morgan fingerprint density at radius 1 is 1.17 bits per heavy atom. The van der Waals surface area contributed by atoms with Crippen LogP contribution >= 0.6 is 27.7 Å². The van der Waals surface area contributed by atoms with E-state index in [9.17, 15) is 0 Å². The fraction of sp³-hybridized carbons (Fsp3) is 0.176. The Labute approximate surface area is 154 Å². The van der Waals surface area contributed by atoms with Crippen molar-refractivity contribution in [3.8, 4) is 11.5 Å². The molecule has 0 aliphatic rings. The van der Waals surface area contributed by atoms with Crippen LogP contribution in [0.2, 0.25) is 0 Å². The van der Waals surface area contributed by atoms with Gasteiger partial charge in [-0.1, -0.05) is 42.1 Å². The zero-order valence-corrected chi connectivity index (χ0v) is 15.8. The maximum absolute atomic E-state index is 5.88. The van der Waals surface area contributed by atoms with Crippen molar-refractivity contribution in [1.82, 2.24) is 0 Å². The normalized spacial score (nSPS) is 11.7. The van der Waals surface area contributed by atoms with Crippen LogP contribution in [0.15, 0.2) is 57.1 Å². The van der Waals surface area contributed by atoms with E-state index in [1.165, 1.54) is 17.3 Å². The summed E-state index contributed by atoms with van der Waals surface area (Å²) in [5.74, 6) is 1.96. The molecule has 0 unspecified atom stereocenters. The summed E-state index contributed by atoms with van der Waals surface area (Å²) in [7, 11) is 3.16. The number of benzene rings is 2. The highest BCUT2D eigenvalue weighted by atomic mass is 79.9. The van der Waals surface area contributed by atoms with Crippen molar-refractivity contribution in [2.75, 3.05) is 14.2 Å². The van der Waals surface area contributed by atoms with Crippen LogP contribution in [-0.4, -0.2) is 25.6 Å². The molecule has 5 nitrogen and oxygen atoms in total. The number of nitrogens with two attached hydrogens (primary N) is 1. The van der Waals surface area contributed by atoms with Crippen LogP contribution in [-0.2, 0) is 5.75 Å². The van der Waals surface area contributed by atoms with Gasteiger partial charge in [0.1, 0.15) is 0 Å². The zero-order chi connectivity index (χ0) is 17.4. The van der Waals surface area contributed by atoms with E-state index >= 15 is 0 Å². The van der Waals surface area contributed by atoms with Crippen molar-refractivity contribution in [2.24, 2.45) is 15.9 Å². The highest BCUT2D eigenvalue weighted by Gasteiger charge is 2.11. The molecule has 0 saturated carbocycles. The van der Waals surface area contributed by atoms with Crippen LogP contribution in [0.1, 0.15) is 11.1 Å². The Morgan fingerprint density at radius 3 is 2.58 bits per heavy atom. The highest BCUT2D eigenvalue weighted by Crippen LogP contribution is 2.34. The zero-order valence-electron chi connectivity index (χ0n) is 13.4. The van der Waals surface area contributed by atoms with Gasteiger partial charge in [0.2, 0.25) is 0 Å². The SMILES string of the molecule is COc1ccc(Br)c(C=NN=C(N)SCc2ccccc2)c1OC. The lowest BCUT2D eigenvalue weighted by Crippen LogP contribution is -2.06. The largest absolute Gasteiger partial charge is 0.493 e. The summed E-state index contributed by atoms with van der Waals surface area (Å²) in [6.07, 6.45) is 1.58. The van der Waals surface area contributed by atoms with E-state index in [2.05, 4.69) is 26.1 Å². The Balaban J connectivity index is 2.07. The van der Waals surface area contributed by atoms with Crippen LogP contribution in [0.25, 0.3) is 0 Å². The third kappa shape index (κ3) is 5.01. The number of hydrogen-bond acceptors (Lipinski definition) is 5. The summed E-state index contributed by atoms with van der Waals surface area (Å²) >= 11 is 4.90. The van der Waals surface area contributed by atoms with Gasteiger partial charge in [-0.2, -0.15) is 5.10 Å². The van der Waals surface area contributed by atoms with E-state index in [1.54, 1.807) is 20.4 Å². The van der Waals surface area contributed by atoms with E-state index in [4.69, 9.17) is 15.2 Å². The van der Waals surface area contributed by atoms with Crippen molar-refractivity contribution in [2.45, 2.75) is 5.75 Å². The Bertz CT molecular complexity index is 736. The van der Waals surface area contributed by atoms with E-state index in [-0.39, 0.29) is 0 Å². The second kappa shape index (κ2) is 9.34. The molecule has 0 radical (unpaired) electrons. The fourth-order valence-electron chi connectivity index (χ4n) is 1.95. The van der Waals surface area contributed by atoms with Gasteiger partial charge in [-0.05, 0) is 33.6 Å². The summed E-state index contributed by atoms with van der Waals surface area (Å²) in [4.78, 5) is 0. The number of hydrogen-bond donors (Lipinski definition) is 1. The summed E-state index contributed by atoms with van der Waals surface area (Å²) in [5, 5.41) is 8.46. The fourth-order valence-corrected chi connectivity index (χ4v) is 2.98. The van der Waals surface area contributed by atoms with Gasteiger partial charge in [-0.25, -0.2) is 0 Å². The van der Waals surface area contributed by atoms with Gasteiger partial charge in [-0.3, -0.25) is 0 Å². The number of nitrogens with zero attached hydrogens (tertiary/aromatic N) is 2. The molecule has 2 aromatic carbocycles. The first-order valence-electron chi connectivity index (χ1n) is 7.09. The molecule has 0 aliphatic heterocycles. The van der Waals surface area contributed by atoms with Gasteiger partial charge in [0.25, 0.3) is 0 Å². The molecule has 0 aromatic heterocycles. The second-order valence-corrected chi connectivity index (χ2v) is 6.50. The Kier molecular flexibility index (Phi) is 7.14. The first kappa shape index (κ1) is 18.4. The second-order valence-electron chi connectivity index (χ2n) is 4.65. The Morgan fingerprint density at radius 2 is 1.92 bits per heavy atom. The predicted molar refractivity (Wildman–Crippen MR) is 104 cm³/mol. The van der Waals surface area contributed by atoms with E-state index < -0.39 is 0 Å². The van der Waals surface area contributed by atoms with Crippen LogP contribution in [0.5, 0.6) is 11.5 Å².